The van der Waals surface area contributed by atoms with Gasteiger partial charge in [-0.25, -0.2) is 0 Å². The zero-order chi connectivity index (χ0) is 15.1. The Morgan fingerprint density at radius 3 is 2.60 bits per heavy atom. The summed E-state index contributed by atoms with van der Waals surface area (Å²) in [6.45, 7) is 4.77. The van der Waals surface area contributed by atoms with Crippen molar-refractivity contribution in [2.75, 3.05) is 20.8 Å². The van der Waals surface area contributed by atoms with Crippen LogP contribution in [0.5, 0.6) is 11.5 Å². The molecule has 5 heteroatoms. The molecule has 0 unspecified atom stereocenters. The minimum Gasteiger partial charge on any atom is -0.493 e. The second-order valence-electron chi connectivity index (χ2n) is 4.71. The molecule has 1 aromatic carbocycles. The van der Waals surface area contributed by atoms with Crippen LogP contribution in [0.3, 0.4) is 0 Å². The molecule has 4 nitrogen and oxygen atoms in total. The molecule has 0 saturated heterocycles. The first-order chi connectivity index (χ1) is 9.47. The quantitative estimate of drug-likeness (QED) is 0.808. The molecule has 110 valence electrons. The molecule has 0 saturated carbocycles. The number of hydrogen-bond donors (Lipinski definition) is 1. The van der Waals surface area contributed by atoms with Crippen LogP contribution in [-0.2, 0) is 4.79 Å². The topological polar surface area (TPSA) is 47.6 Å². The maximum Gasteiger partial charge on any atom is 0.244 e. The first kappa shape index (κ1) is 16.6. The zero-order valence-corrected chi connectivity index (χ0v) is 13.8. The molecule has 0 aliphatic rings. The summed E-state index contributed by atoms with van der Waals surface area (Å²) in [6.07, 6.45) is 3.25. The number of methoxy groups -OCH3 is 2. The largest absolute Gasteiger partial charge is 0.493 e. The number of rotatable bonds is 6. The fourth-order valence-electron chi connectivity index (χ4n) is 1.57. The Bertz CT molecular complexity index is 498. The Kier molecular flexibility index (Phi) is 6.58. The standard InChI is InChI=1S/C15H20BrNO3/c1-10(2)9-17-14(18)6-5-11-7-12(16)15(20-4)13(8-11)19-3/h5-8,10H,9H2,1-4H3,(H,17,18)/b6-5+. The van der Waals surface area contributed by atoms with E-state index in [9.17, 15) is 4.79 Å². The Hall–Kier alpha value is -1.49. The zero-order valence-electron chi connectivity index (χ0n) is 12.2. The van der Waals surface area contributed by atoms with Crippen molar-refractivity contribution < 1.29 is 14.3 Å². The van der Waals surface area contributed by atoms with Crippen LogP contribution in [0.4, 0.5) is 0 Å². The van der Waals surface area contributed by atoms with Gasteiger partial charge in [0.05, 0.1) is 18.7 Å². The van der Waals surface area contributed by atoms with Crippen molar-refractivity contribution in [1.82, 2.24) is 5.32 Å². The normalized spacial score (nSPS) is 10.9. The molecule has 0 atom stereocenters. The molecule has 1 N–H and O–H groups in total. The van der Waals surface area contributed by atoms with Crippen LogP contribution in [0.1, 0.15) is 19.4 Å². The minimum absolute atomic E-state index is 0.107. The second-order valence-corrected chi connectivity index (χ2v) is 5.56. The third-order valence-electron chi connectivity index (χ3n) is 2.57. The Balaban J connectivity index is 2.82. The van der Waals surface area contributed by atoms with Crippen molar-refractivity contribution >= 4 is 27.9 Å². The van der Waals surface area contributed by atoms with E-state index in [1.54, 1.807) is 20.3 Å². The Morgan fingerprint density at radius 2 is 2.05 bits per heavy atom. The molecule has 0 spiro atoms. The lowest BCUT2D eigenvalue weighted by Crippen LogP contribution is -2.25. The molecular weight excluding hydrogens is 322 g/mol. The van der Waals surface area contributed by atoms with Gasteiger partial charge in [0.1, 0.15) is 0 Å². The fourth-order valence-corrected chi connectivity index (χ4v) is 2.19. The predicted octanol–water partition coefficient (Wildman–Crippen LogP) is 3.25. The maximum atomic E-state index is 11.6. The molecule has 0 aliphatic heterocycles. The van der Waals surface area contributed by atoms with E-state index < -0.39 is 0 Å². The van der Waals surface area contributed by atoms with Crippen LogP contribution in [0.2, 0.25) is 0 Å². The van der Waals surface area contributed by atoms with Crippen LogP contribution in [0.25, 0.3) is 6.08 Å². The summed E-state index contributed by atoms with van der Waals surface area (Å²) in [5, 5.41) is 2.82. The van der Waals surface area contributed by atoms with E-state index in [2.05, 4.69) is 35.1 Å². The van der Waals surface area contributed by atoms with E-state index >= 15 is 0 Å². The highest BCUT2D eigenvalue weighted by atomic mass is 79.9. The SMILES string of the molecule is COc1cc(/C=C/C(=O)NCC(C)C)cc(Br)c1OC. The van der Waals surface area contributed by atoms with Gasteiger partial charge >= 0.3 is 0 Å². The number of benzene rings is 1. The molecule has 0 heterocycles. The van der Waals surface area contributed by atoms with Gasteiger partial charge in [-0.2, -0.15) is 0 Å². The smallest absolute Gasteiger partial charge is 0.244 e. The highest BCUT2D eigenvalue weighted by molar-refractivity contribution is 9.10. The fraction of sp³-hybridized carbons (Fsp3) is 0.400. The Labute approximate surface area is 128 Å². The molecule has 1 amide bonds. The van der Waals surface area contributed by atoms with Gasteiger partial charge in [-0.05, 0) is 45.6 Å². The number of amides is 1. The average molecular weight is 342 g/mol. The molecule has 0 bridgehead atoms. The minimum atomic E-state index is -0.107. The highest BCUT2D eigenvalue weighted by Gasteiger charge is 2.09. The first-order valence-corrected chi connectivity index (χ1v) is 7.14. The molecule has 0 aliphatic carbocycles. The van der Waals surface area contributed by atoms with E-state index in [1.807, 2.05) is 12.1 Å². The first-order valence-electron chi connectivity index (χ1n) is 6.35. The number of carbonyl (C=O) groups excluding carboxylic acids is 1. The van der Waals surface area contributed by atoms with Gasteiger partial charge in [-0.1, -0.05) is 13.8 Å². The van der Waals surface area contributed by atoms with Gasteiger partial charge in [-0.15, -0.1) is 0 Å². The van der Waals surface area contributed by atoms with Crippen LogP contribution in [0, 0.1) is 5.92 Å². The van der Waals surface area contributed by atoms with Crippen LogP contribution in [0.15, 0.2) is 22.7 Å². The van der Waals surface area contributed by atoms with Gasteiger partial charge < -0.3 is 14.8 Å². The number of hydrogen-bond acceptors (Lipinski definition) is 3. The number of halogens is 1. The lowest BCUT2D eigenvalue weighted by molar-refractivity contribution is -0.116. The Morgan fingerprint density at radius 1 is 1.35 bits per heavy atom. The maximum absolute atomic E-state index is 11.6. The van der Waals surface area contributed by atoms with E-state index in [0.717, 1.165) is 10.0 Å². The van der Waals surface area contributed by atoms with Crippen molar-refractivity contribution in [2.45, 2.75) is 13.8 Å². The van der Waals surface area contributed by atoms with Gasteiger partial charge in [0.25, 0.3) is 0 Å². The molecular formula is C15H20BrNO3. The van der Waals surface area contributed by atoms with Crippen molar-refractivity contribution in [3.8, 4) is 11.5 Å². The summed E-state index contributed by atoms with van der Waals surface area (Å²) in [6, 6.07) is 3.68. The lowest BCUT2D eigenvalue weighted by atomic mass is 10.2. The van der Waals surface area contributed by atoms with Crippen molar-refractivity contribution in [3.63, 3.8) is 0 Å². The summed E-state index contributed by atoms with van der Waals surface area (Å²) in [5.41, 5.74) is 0.856. The third-order valence-corrected chi connectivity index (χ3v) is 3.16. The van der Waals surface area contributed by atoms with Crippen LogP contribution < -0.4 is 14.8 Å². The number of ether oxygens (including phenoxy) is 2. The van der Waals surface area contributed by atoms with Crippen LogP contribution >= 0.6 is 15.9 Å². The summed E-state index contributed by atoms with van der Waals surface area (Å²) in [5.74, 6) is 1.57. The molecule has 0 radical (unpaired) electrons. The number of nitrogens with one attached hydrogen (secondary N) is 1. The van der Waals surface area contributed by atoms with Crippen molar-refractivity contribution in [2.24, 2.45) is 5.92 Å². The van der Waals surface area contributed by atoms with Gasteiger partial charge in [0.2, 0.25) is 5.91 Å². The highest BCUT2D eigenvalue weighted by Crippen LogP contribution is 2.36. The monoisotopic (exact) mass is 341 g/mol. The van der Waals surface area contributed by atoms with Gasteiger partial charge in [0.15, 0.2) is 11.5 Å². The molecule has 0 fully saturated rings. The average Bonchev–Trinajstić information content (AvgIpc) is 2.42. The predicted molar refractivity (Wildman–Crippen MR) is 84.1 cm³/mol. The van der Waals surface area contributed by atoms with Gasteiger partial charge in [-0.3, -0.25) is 4.79 Å². The van der Waals surface area contributed by atoms with E-state index in [1.165, 1.54) is 6.08 Å². The molecule has 1 aromatic rings. The molecule has 20 heavy (non-hydrogen) atoms. The molecule has 0 aromatic heterocycles. The van der Waals surface area contributed by atoms with Gasteiger partial charge in [0, 0.05) is 12.6 Å². The van der Waals surface area contributed by atoms with Crippen molar-refractivity contribution in [1.29, 1.82) is 0 Å². The lowest BCUT2D eigenvalue weighted by Gasteiger charge is -2.10. The summed E-state index contributed by atoms with van der Waals surface area (Å²) < 4.78 is 11.3. The summed E-state index contributed by atoms with van der Waals surface area (Å²) >= 11 is 3.42. The third kappa shape index (κ3) is 4.89. The summed E-state index contributed by atoms with van der Waals surface area (Å²) in [7, 11) is 3.16. The van der Waals surface area contributed by atoms with Crippen LogP contribution in [-0.4, -0.2) is 26.7 Å². The van der Waals surface area contributed by atoms with Crippen molar-refractivity contribution in [3.05, 3.63) is 28.2 Å². The van der Waals surface area contributed by atoms with E-state index in [4.69, 9.17) is 9.47 Å². The number of carbonyl (C=O) groups is 1. The van der Waals surface area contributed by atoms with E-state index in [-0.39, 0.29) is 5.91 Å². The second kappa shape index (κ2) is 7.94. The van der Waals surface area contributed by atoms with E-state index in [0.29, 0.717) is 24.0 Å². The molecule has 1 rings (SSSR count). The summed E-state index contributed by atoms with van der Waals surface area (Å²) in [4.78, 5) is 11.6.